The van der Waals surface area contributed by atoms with E-state index in [0.29, 0.717) is 43.9 Å². The molecule has 3 aromatic carbocycles. The summed E-state index contributed by atoms with van der Waals surface area (Å²) in [7, 11) is 0. The van der Waals surface area contributed by atoms with Crippen molar-refractivity contribution in [2.24, 2.45) is 0 Å². The van der Waals surface area contributed by atoms with E-state index in [4.69, 9.17) is 32.4 Å². The molecule has 1 N–H and O–H groups in total. The molecular weight excluding hydrogens is 401 g/mol. The Balaban J connectivity index is 1.77. The lowest BCUT2D eigenvalue weighted by Crippen LogP contribution is -2.18. The Morgan fingerprint density at radius 1 is 1.00 bits per heavy atom. The summed E-state index contributed by atoms with van der Waals surface area (Å²) in [4.78, 5) is 16.3. The summed E-state index contributed by atoms with van der Waals surface area (Å²) >= 11 is 12.0. The first-order valence-electron chi connectivity index (χ1n) is 8.32. The standard InChI is InChI=1S/C21H13Cl2NO4/c22-13-7-5-12(6-8-13)19(21(25)26)27-17-10-9-14(23)11-15(17)20-24-16-3-1-2-4-18(16)28-20/h1-11,19H,(H,25,26). The minimum atomic E-state index is -1.23. The topological polar surface area (TPSA) is 72.6 Å². The molecule has 0 aliphatic rings. The molecule has 5 nitrogen and oxygen atoms in total. The van der Waals surface area contributed by atoms with Crippen molar-refractivity contribution in [1.82, 2.24) is 4.98 Å². The van der Waals surface area contributed by atoms with E-state index < -0.39 is 12.1 Å². The van der Waals surface area contributed by atoms with Crippen molar-refractivity contribution < 1.29 is 19.1 Å². The van der Waals surface area contributed by atoms with Gasteiger partial charge in [-0.1, -0.05) is 47.5 Å². The van der Waals surface area contributed by atoms with Crippen molar-refractivity contribution in [2.75, 3.05) is 0 Å². The van der Waals surface area contributed by atoms with E-state index in [2.05, 4.69) is 4.98 Å². The first kappa shape index (κ1) is 18.3. The summed E-state index contributed by atoms with van der Waals surface area (Å²) in [6.07, 6.45) is -1.23. The number of rotatable bonds is 5. The van der Waals surface area contributed by atoms with Crippen molar-refractivity contribution >= 4 is 40.3 Å². The lowest BCUT2D eigenvalue weighted by molar-refractivity contribution is -0.145. The number of benzene rings is 3. The normalized spacial score (nSPS) is 12.1. The van der Waals surface area contributed by atoms with Crippen molar-refractivity contribution in [3.8, 4) is 17.2 Å². The first-order chi connectivity index (χ1) is 13.5. The second-order valence-electron chi connectivity index (χ2n) is 6.01. The van der Waals surface area contributed by atoms with Crippen LogP contribution in [0.2, 0.25) is 10.0 Å². The molecule has 0 bridgehead atoms. The number of carbonyl (C=O) groups is 1. The predicted molar refractivity (Wildman–Crippen MR) is 107 cm³/mol. The number of nitrogens with zero attached hydrogens (tertiary/aromatic N) is 1. The highest BCUT2D eigenvalue weighted by Gasteiger charge is 2.24. The Morgan fingerprint density at radius 2 is 1.71 bits per heavy atom. The van der Waals surface area contributed by atoms with Crippen molar-refractivity contribution in [1.29, 1.82) is 0 Å². The molecule has 0 saturated heterocycles. The molecule has 7 heteroatoms. The number of carboxylic acids is 1. The van der Waals surface area contributed by atoms with Crippen LogP contribution in [0, 0.1) is 0 Å². The highest BCUT2D eigenvalue weighted by Crippen LogP contribution is 2.36. The smallest absolute Gasteiger partial charge is 0.349 e. The molecule has 4 aromatic rings. The number of aliphatic carboxylic acids is 1. The summed E-state index contributed by atoms with van der Waals surface area (Å²) in [5, 5.41) is 10.6. The SMILES string of the molecule is O=C(O)C(Oc1ccc(Cl)cc1-c1nc2ccccc2o1)c1ccc(Cl)cc1. The van der Waals surface area contributed by atoms with Crippen molar-refractivity contribution in [3.05, 3.63) is 82.3 Å². The first-order valence-corrected chi connectivity index (χ1v) is 9.07. The van der Waals surface area contributed by atoms with E-state index in [1.165, 1.54) is 0 Å². The van der Waals surface area contributed by atoms with Crippen LogP contribution in [0.25, 0.3) is 22.6 Å². The maximum atomic E-state index is 11.8. The lowest BCUT2D eigenvalue weighted by Gasteiger charge is -2.17. The van der Waals surface area contributed by atoms with Gasteiger partial charge < -0.3 is 14.3 Å². The fourth-order valence-electron chi connectivity index (χ4n) is 2.79. The second-order valence-corrected chi connectivity index (χ2v) is 6.89. The van der Waals surface area contributed by atoms with Crippen LogP contribution < -0.4 is 4.74 Å². The fourth-order valence-corrected chi connectivity index (χ4v) is 3.08. The van der Waals surface area contributed by atoms with E-state index >= 15 is 0 Å². The van der Waals surface area contributed by atoms with E-state index in [0.717, 1.165) is 0 Å². The van der Waals surface area contributed by atoms with Crippen LogP contribution in [0.3, 0.4) is 0 Å². The maximum Gasteiger partial charge on any atom is 0.349 e. The molecule has 140 valence electrons. The van der Waals surface area contributed by atoms with E-state index in [-0.39, 0.29) is 0 Å². The van der Waals surface area contributed by atoms with Gasteiger partial charge in [-0.15, -0.1) is 0 Å². The second kappa shape index (κ2) is 7.54. The Morgan fingerprint density at radius 3 is 2.43 bits per heavy atom. The molecule has 28 heavy (non-hydrogen) atoms. The molecule has 0 radical (unpaired) electrons. The molecular formula is C21H13Cl2NO4. The van der Waals surface area contributed by atoms with Crippen LogP contribution in [0.4, 0.5) is 0 Å². The number of oxazole rings is 1. The highest BCUT2D eigenvalue weighted by molar-refractivity contribution is 6.31. The Labute approximate surface area is 170 Å². The van der Waals surface area contributed by atoms with Crippen LogP contribution in [-0.4, -0.2) is 16.1 Å². The minimum absolute atomic E-state index is 0.290. The average Bonchev–Trinajstić information content (AvgIpc) is 3.11. The van der Waals surface area contributed by atoms with Gasteiger partial charge in [0.05, 0.1) is 5.56 Å². The van der Waals surface area contributed by atoms with Crippen LogP contribution in [0.15, 0.2) is 71.1 Å². The summed E-state index contributed by atoms with van der Waals surface area (Å²) in [5.74, 6) is -0.557. The summed E-state index contributed by atoms with van der Waals surface area (Å²) < 4.78 is 11.6. The Kier molecular flexibility index (Phi) is 4.94. The molecule has 1 atom stereocenters. The largest absolute Gasteiger partial charge is 0.478 e. The van der Waals surface area contributed by atoms with Gasteiger partial charge in [-0.2, -0.15) is 0 Å². The molecule has 0 spiro atoms. The third-order valence-corrected chi connectivity index (χ3v) is 4.59. The van der Waals surface area contributed by atoms with Gasteiger partial charge in [0.15, 0.2) is 5.58 Å². The number of ether oxygens (including phenoxy) is 1. The maximum absolute atomic E-state index is 11.8. The fraction of sp³-hybridized carbons (Fsp3) is 0.0476. The third-order valence-electron chi connectivity index (χ3n) is 4.11. The summed E-state index contributed by atoms with van der Waals surface area (Å²) in [6.45, 7) is 0. The van der Waals surface area contributed by atoms with E-state index in [1.54, 1.807) is 48.5 Å². The quantitative estimate of drug-likeness (QED) is 0.433. The number of carboxylic acid groups (broad SMARTS) is 1. The Bertz CT molecular complexity index is 1120. The number of fused-ring (bicyclic) bond motifs is 1. The molecule has 0 amide bonds. The number of hydrogen-bond donors (Lipinski definition) is 1. The number of aromatic nitrogens is 1. The highest BCUT2D eigenvalue weighted by atomic mass is 35.5. The zero-order chi connectivity index (χ0) is 19.7. The third kappa shape index (κ3) is 3.67. The monoisotopic (exact) mass is 413 g/mol. The molecule has 4 rings (SSSR count). The Hall–Kier alpha value is -3.02. The van der Waals surface area contributed by atoms with E-state index in [1.807, 2.05) is 18.2 Å². The zero-order valence-electron chi connectivity index (χ0n) is 14.3. The van der Waals surface area contributed by atoms with Crippen molar-refractivity contribution in [2.45, 2.75) is 6.10 Å². The van der Waals surface area contributed by atoms with Crippen LogP contribution in [0.1, 0.15) is 11.7 Å². The summed E-state index contributed by atoms with van der Waals surface area (Å²) in [5.41, 5.74) is 2.20. The molecule has 1 aromatic heterocycles. The van der Waals surface area contributed by atoms with Crippen LogP contribution >= 0.6 is 23.2 Å². The van der Waals surface area contributed by atoms with Gasteiger partial charge in [0.25, 0.3) is 0 Å². The molecule has 0 fully saturated rings. The summed E-state index contributed by atoms with van der Waals surface area (Å²) in [6, 6.07) is 18.6. The molecule has 0 saturated carbocycles. The van der Waals surface area contributed by atoms with Crippen LogP contribution in [0.5, 0.6) is 5.75 Å². The van der Waals surface area contributed by atoms with Gasteiger partial charge in [-0.05, 0) is 42.5 Å². The van der Waals surface area contributed by atoms with Gasteiger partial charge in [0.2, 0.25) is 12.0 Å². The van der Waals surface area contributed by atoms with Crippen molar-refractivity contribution in [3.63, 3.8) is 0 Å². The number of para-hydroxylation sites is 2. The molecule has 1 heterocycles. The molecule has 0 aliphatic heterocycles. The van der Waals surface area contributed by atoms with E-state index in [9.17, 15) is 9.90 Å². The number of halogens is 2. The number of hydrogen-bond acceptors (Lipinski definition) is 4. The van der Waals surface area contributed by atoms with Gasteiger partial charge in [-0.25, -0.2) is 9.78 Å². The van der Waals surface area contributed by atoms with Crippen LogP contribution in [-0.2, 0) is 4.79 Å². The molecule has 1 unspecified atom stereocenters. The molecule has 0 aliphatic carbocycles. The predicted octanol–water partition coefficient (Wildman–Crippen LogP) is 6.01. The average molecular weight is 414 g/mol. The minimum Gasteiger partial charge on any atom is -0.478 e. The van der Waals surface area contributed by atoms with Gasteiger partial charge in [0, 0.05) is 15.6 Å². The van der Waals surface area contributed by atoms with Gasteiger partial charge in [0.1, 0.15) is 11.3 Å². The lowest BCUT2D eigenvalue weighted by atomic mass is 10.1. The van der Waals surface area contributed by atoms with Gasteiger partial charge in [-0.3, -0.25) is 0 Å². The zero-order valence-corrected chi connectivity index (χ0v) is 15.8. The van der Waals surface area contributed by atoms with Gasteiger partial charge >= 0.3 is 5.97 Å².